The summed E-state index contributed by atoms with van der Waals surface area (Å²) in [6, 6.07) is 14.1. The lowest BCUT2D eigenvalue weighted by Crippen LogP contribution is -2.14. The van der Waals surface area contributed by atoms with Crippen LogP contribution in [0.15, 0.2) is 48.7 Å². The molecule has 5 heteroatoms. The normalized spacial score (nSPS) is 13.8. The van der Waals surface area contributed by atoms with Crippen LogP contribution in [0.5, 0.6) is 5.75 Å². The SMILES string of the molecule is CCN1Cc2ccc(OCc3cn[nH]c3-c3cccc(Cl)c3)cc2C1. The molecule has 4 nitrogen and oxygen atoms in total. The minimum Gasteiger partial charge on any atom is -0.489 e. The first kappa shape index (κ1) is 16.2. The van der Waals surface area contributed by atoms with Crippen molar-refractivity contribution in [2.24, 2.45) is 0 Å². The molecule has 128 valence electrons. The van der Waals surface area contributed by atoms with Gasteiger partial charge in [-0.2, -0.15) is 5.10 Å². The second-order valence-electron chi connectivity index (χ2n) is 6.30. The first-order chi connectivity index (χ1) is 12.2. The zero-order valence-electron chi connectivity index (χ0n) is 14.1. The molecule has 0 amide bonds. The minimum atomic E-state index is 0.467. The first-order valence-corrected chi connectivity index (χ1v) is 8.86. The third-order valence-corrected chi connectivity index (χ3v) is 4.87. The molecule has 1 aliphatic heterocycles. The third-order valence-electron chi connectivity index (χ3n) is 4.64. The molecular weight excluding hydrogens is 334 g/mol. The van der Waals surface area contributed by atoms with Crippen LogP contribution >= 0.6 is 11.6 Å². The molecule has 1 N–H and O–H groups in total. The Kier molecular flexibility index (Phi) is 4.47. The number of H-pyrrole nitrogens is 1. The predicted octanol–water partition coefficient (Wildman–Crippen LogP) is 4.64. The highest BCUT2D eigenvalue weighted by molar-refractivity contribution is 6.30. The molecule has 3 aromatic rings. The van der Waals surface area contributed by atoms with E-state index in [9.17, 15) is 0 Å². The molecule has 0 aliphatic carbocycles. The van der Waals surface area contributed by atoms with Gasteiger partial charge in [0.2, 0.25) is 0 Å². The van der Waals surface area contributed by atoms with Crippen molar-refractivity contribution >= 4 is 11.6 Å². The van der Waals surface area contributed by atoms with Crippen LogP contribution in [0.3, 0.4) is 0 Å². The van der Waals surface area contributed by atoms with Crippen molar-refractivity contribution in [1.82, 2.24) is 15.1 Å². The monoisotopic (exact) mass is 353 g/mol. The number of nitrogens with zero attached hydrogens (tertiary/aromatic N) is 2. The van der Waals surface area contributed by atoms with E-state index in [4.69, 9.17) is 16.3 Å². The number of ether oxygens (including phenoxy) is 1. The van der Waals surface area contributed by atoms with Crippen molar-refractivity contribution in [3.8, 4) is 17.0 Å². The van der Waals surface area contributed by atoms with Crippen molar-refractivity contribution in [2.75, 3.05) is 6.54 Å². The molecule has 0 unspecified atom stereocenters. The summed E-state index contributed by atoms with van der Waals surface area (Å²) >= 11 is 6.10. The van der Waals surface area contributed by atoms with Gasteiger partial charge in [0, 0.05) is 29.2 Å². The number of fused-ring (bicyclic) bond motifs is 1. The molecule has 0 saturated carbocycles. The zero-order chi connectivity index (χ0) is 17.2. The second-order valence-corrected chi connectivity index (χ2v) is 6.74. The molecule has 25 heavy (non-hydrogen) atoms. The molecule has 2 aromatic carbocycles. The van der Waals surface area contributed by atoms with Crippen LogP contribution in [0.4, 0.5) is 0 Å². The molecular formula is C20H20ClN3O. The van der Waals surface area contributed by atoms with E-state index < -0.39 is 0 Å². The lowest BCUT2D eigenvalue weighted by Gasteiger charge is -2.09. The molecule has 1 aliphatic rings. The Morgan fingerprint density at radius 1 is 1.16 bits per heavy atom. The summed E-state index contributed by atoms with van der Waals surface area (Å²) in [6.45, 7) is 5.77. The summed E-state index contributed by atoms with van der Waals surface area (Å²) in [5.74, 6) is 0.898. The van der Waals surface area contributed by atoms with Crippen LogP contribution in [0.2, 0.25) is 5.02 Å². The molecule has 0 spiro atoms. The lowest BCUT2D eigenvalue weighted by atomic mass is 10.1. The fourth-order valence-corrected chi connectivity index (χ4v) is 3.42. The van der Waals surface area contributed by atoms with Crippen LogP contribution in [0.1, 0.15) is 23.6 Å². The van der Waals surface area contributed by atoms with E-state index in [0.29, 0.717) is 11.6 Å². The Morgan fingerprint density at radius 3 is 2.88 bits per heavy atom. The van der Waals surface area contributed by atoms with Crippen molar-refractivity contribution in [2.45, 2.75) is 26.6 Å². The van der Waals surface area contributed by atoms with Gasteiger partial charge in [-0.25, -0.2) is 0 Å². The summed E-state index contributed by atoms with van der Waals surface area (Å²) < 4.78 is 6.03. The van der Waals surface area contributed by atoms with Gasteiger partial charge in [0.05, 0.1) is 11.9 Å². The van der Waals surface area contributed by atoms with Gasteiger partial charge in [0.15, 0.2) is 0 Å². The lowest BCUT2D eigenvalue weighted by molar-refractivity contribution is 0.299. The number of hydrogen-bond donors (Lipinski definition) is 1. The smallest absolute Gasteiger partial charge is 0.120 e. The van der Waals surface area contributed by atoms with E-state index in [0.717, 1.165) is 42.2 Å². The largest absolute Gasteiger partial charge is 0.489 e. The van der Waals surface area contributed by atoms with Gasteiger partial charge in [-0.15, -0.1) is 0 Å². The maximum atomic E-state index is 6.10. The first-order valence-electron chi connectivity index (χ1n) is 8.48. The van der Waals surface area contributed by atoms with E-state index in [2.05, 4.69) is 40.2 Å². The van der Waals surface area contributed by atoms with Crippen LogP contribution in [-0.2, 0) is 19.7 Å². The summed E-state index contributed by atoms with van der Waals surface area (Å²) in [4.78, 5) is 2.42. The van der Waals surface area contributed by atoms with Crippen LogP contribution in [0, 0.1) is 0 Å². The average Bonchev–Trinajstić information content (AvgIpc) is 3.25. The highest BCUT2D eigenvalue weighted by Gasteiger charge is 2.18. The van der Waals surface area contributed by atoms with Crippen molar-refractivity contribution in [3.63, 3.8) is 0 Å². The molecule has 2 heterocycles. The number of rotatable bonds is 5. The molecule has 0 radical (unpaired) electrons. The quantitative estimate of drug-likeness (QED) is 0.726. The molecule has 0 bridgehead atoms. The van der Waals surface area contributed by atoms with Crippen LogP contribution in [-0.4, -0.2) is 21.6 Å². The fraction of sp³-hybridized carbons (Fsp3) is 0.250. The Morgan fingerprint density at radius 2 is 2.04 bits per heavy atom. The van der Waals surface area contributed by atoms with Gasteiger partial charge in [0.25, 0.3) is 0 Å². The van der Waals surface area contributed by atoms with Gasteiger partial charge in [-0.1, -0.05) is 36.7 Å². The van der Waals surface area contributed by atoms with E-state index in [1.54, 1.807) is 0 Å². The zero-order valence-corrected chi connectivity index (χ0v) is 14.9. The standard InChI is InChI=1S/C20H20ClN3O/c1-2-24-11-15-6-7-19(9-16(15)12-24)25-13-17-10-22-23-20(17)14-4-3-5-18(21)8-14/h3-10H,2,11-13H2,1H3,(H,22,23). The minimum absolute atomic E-state index is 0.467. The highest BCUT2D eigenvalue weighted by Crippen LogP contribution is 2.28. The van der Waals surface area contributed by atoms with Crippen molar-refractivity contribution in [3.05, 3.63) is 70.4 Å². The Balaban J connectivity index is 1.49. The van der Waals surface area contributed by atoms with Crippen LogP contribution < -0.4 is 4.74 Å². The van der Waals surface area contributed by atoms with E-state index in [-0.39, 0.29) is 0 Å². The van der Waals surface area contributed by atoms with Gasteiger partial charge in [-0.05, 0) is 41.9 Å². The highest BCUT2D eigenvalue weighted by atomic mass is 35.5. The Hall–Kier alpha value is -2.30. The molecule has 0 fully saturated rings. The van der Waals surface area contributed by atoms with Crippen molar-refractivity contribution < 1.29 is 4.74 Å². The molecule has 4 rings (SSSR count). The van der Waals surface area contributed by atoms with Crippen molar-refractivity contribution in [1.29, 1.82) is 0 Å². The number of aromatic nitrogens is 2. The Labute approximate surface area is 152 Å². The summed E-state index contributed by atoms with van der Waals surface area (Å²) in [5.41, 5.74) is 5.73. The van der Waals surface area contributed by atoms with Gasteiger partial charge < -0.3 is 4.74 Å². The number of aromatic amines is 1. The number of nitrogens with one attached hydrogen (secondary N) is 1. The topological polar surface area (TPSA) is 41.1 Å². The maximum Gasteiger partial charge on any atom is 0.120 e. The van der Waals surface area contributed by atoms with Gasteiger partial charge >= 0.3 is 0 Å². The predicted molar refractivity (Wildman–Crippen MR) is 99.6 cm³/mol. The van der Waals surface area contributed by atoms with Gasteiger partial charge in [0.1, 0.15) is 12.4 Å². The van der Waals surface area contributed by atoms with Crippen LogP contribution in [0.25, 0.3) is 11.3 Å². The molecule has 1 aromatic heterocycles. The Bertz CT molecular complexity index is 890. The van der Waals surface area contributed by atoms with Gasteiger partial charge in [-0.3, -0.25) is 10.00 Å². The van der Waals surface area contributed by atoms with E-state index in [1.165, 1.54) is 11.1 Å². The fourth-order valence-electron chi connectivity index (χ4n) is 3.23. The summed E-state index contributed by atoms with van der Waals surface area (Å²) in [5, 5.41) is 7.92. The number of benzene rings is 2. The number of hydrogen-bond acceptors (Lipinski definition) is 3. The maximum absolute atomic E-state index is 6.10. The number of halogens is 1. The summed E-state index contributed by atoms with van der Waals surface area (Å²) in [7, 11) is 0. The summed E-state index contributed by atoms with van der Waals surface area (Å²) in [6.07, 6.45) is 1.81. The average molecular weight is 354 g/mol. The molecule has 0 atom stereocenters. The second kappa shape index (κ2) is 6.90. The third kappa shape index (κ3) is 3.41. The van der Waals surface area contributed by atoms with E-state index >= 15 is 0 Å². The molecule has 0 saturated heterocycles. The van der Waals surface area contributed by atoms with E-state index in [1.807, 2.05) is 30.5 Å².